The van der Waals surface area contributed by atoms with E-state index in [1.54, 1.807) is 53.8 Å². The minimum Gasteiger partial charge on any atom is -0.488 e. The number of ether oxygens (including phenoxy) is 2. The fourth-order valence-electron chi connectivity index (χ4n) is 6.35. The number of nitrogens with zero attached hydrogens (tertiary/aromatic N) is 7. The van der Waals surface area contributed by atoms with Gasteiger partial charge in [-0.1, -0.05) is 65.0 Å². The molecule has 15 nitrogen and oxygen atoms in total. The van der Waals surface area contributed by atoms with Gasteiger partial charge >= 0.3 is 11.9 Å². The van der Waals surface area contributed by atoms with Crippen molar-refractivity contribution in [2.24, 2.45) is 5.41 Å². The van der Waals surface area contributed by atoms with Crippen LogP contribution in [-0.2, 0) is 57.0 Å². The number of rotatable bonds is 15. The highest BCUT2D eigenvalue weighted by atomic mass is 32.2. The number of aryl methyl sites for hydroxylation is 2. The van der Waals surface area contributed by atoms with E-state index in [1.807, 2.05) is 56.3 Å². The number of carboxylic acids is 2. The van der Waals surface area contributed by atoms with Crippen LogP contribution in [-0.4, -0.2) is 77.5 Å². The molecule has 0 amide bonds. The van der Waals surface area contributed by atoms with Crippen molar-refractivity contribution in [2.75, 3.05) is 6.54 Å². The van der Waals surface area contributed by atoms with Gasteiger partial charge in [0.2, 0.25) is 10.0 Å². The van der Waals surface area contributed by atoms with E-state index in [4.69, 9.17) is 14.6 Å². The second-order valence-electron chi connectivity index (χ2n) is 14.1. The van der Waals surface area contributed by atoms with E-state index in [2.05, 4.69) is 20.6 Å². The van der Waals surface area contributed by atoms with Crippen molar-refractivity contribution in [3.63, 3.8) is 0 Å². The Labute approximate surface area is 313 Å². The van der Waals surface area contributed by atoms with E-state index >= 15 is 0 Å². The van der Waals surface area contributed by atoms with Crippen molar-refractivity contribution >= 4 is 22.0 Å². The molecule has 0 radical (unpaired) electrons. The molecule has 0 saturated heterocycles. The molecule has 0 spiro atoms. The van der Waals surface area contributed by atoms with Crippen LogP contribution in [0, 0.1) is 12.3 Å². The molecule has 1 aliphatic heterocycles. The van der Waals surface area contributed by atoms with Crippen LogP contribution in [0.5, 0.6) is 5.75 Å². The van der Waals surface area contributed by atoms with Gasteiger partial charge in [0, 0.05) is 19.2 Å². The molecule has 0 saturated carbocycles. The second kappa shape index (κ2) is 15.9. The highest BCUT2D eigenvalue weighted by molar-refractivity contribution is 7.89. The Morgan fingerprint density at radius 1 is 0.926 bits per heavy atom. The number of para-hydroxylation sites is 1. The van der Waals surface area contributed by atoms with E-state index in [0.717, 1.165) is 16.7 Å². The van der Waals surface area contributed by atoms with E-state index in [-0.39, 0.29) is 31.0 Å². The number of benzene rings is 3. The number of carboxylic acid groups (broad SMARTS) is 2. The van der Waals surface area contributed by atoms with Crippen molar-refractivity contribution in [3.05, 3.63) is 118 Å². The molecule has 0 fully saturated rings. The number of sulfonamides is 1. The summed E-state index contributed by atoms with van der Waals surface area (Å²) in [5, 5.41) is 35.9. The lowest BCUT2D eigenvalue weighted by Crippen LogP contribution is -2.36. The molecule has 6 rings (SSSR count). The van der Waals surface area contributed by atoms with Crippen molar-refractivity contribution in [1.29, 1.82) is 0 Å². The first kappa shape index (κ1) is 38.3. The molecule has 16 heteroatoms. The lowest BCUT2D eigenvalue weighted by Gasteiger charge is -2.31. The van der Waals surface area contributed by atoms with Crippen molar-refractivity contribution in [1.82, 2.24) is 34.3 Å². The van der Waals surface area contributed by atoms with Crippen molar-refractivity contribution < 1.29 is 37.7 Å². The van der Waals surface area contributed by atoms with E-state index in [9.17, 15) is 23.1 Å². The molecule has 5 aromatic rings. The summed E-state index contributed by atoms with van der Waals surface area (Å²) in [7, 11) is -3.89. The van der Waals surface area contributed by atoms with E-state index in [0.29, 0.717) is 47.8 Å². The Morgan fingerprint density at radius 2 is 1.59 bits per heavy atom. The molecule has 3 heterocycles. The molecule has 1 unspecified atom stereocenters. The van der Waals surface area contributed by atoms with Crippen LogP contribution in [0.1, 0.15) is 72.5 Å². The zero-order valence-corrected chi connectivity index (χ0v) is 31.3. The monoisotopic (exact) mass is 757 g/mol. The quantitative estimate of drug-likeness (QED) is 0.151. The zero-order valence-electron chi connectivity index (χ0n) is 30.5. The fraction of sp³-hybridized carbons (Fsp3) is 0.368. The zero-order chi connectivity index (χ0) is 38.6. The van der Waals surface area contributed by atoms with Crippen LogP contribution in [0.2, 0.25) is 0 Å². The first-order chi connectivity index (χ1) is 25.7. The molecule has 2 aromatic heterocycles. The molecule has 284 valence electrons. The predicted molar refractivity (Wildman–Crippen MR) is 195 cm³/mol. The first-order valence-corrected chi connectivity index (χ1v) is 18.9. The maximum Gasteiger partial charge on any atom is 0.312 e. The summed E-state index contributed by atoms with van der Waals surface area (Å²) in [5.41, 5.74) is 3.85. The summed E-state index contributed by atoms with van der Waals surface area (Å²) in [5.74, 6) is -1.63. The lowest BCUT2D eigenvalue weighted by atomic mass is 9.81. The Balaban J connectivity index is 1.16. The molecule has 2 N–H and O–H groups in total. The third kappa shape index (κ3) is 8.84. The SMILES string of the molecule is Cc1ccc(C(OCc2cn(Cc3cccc(Cn4cc(CCC(=O)O)nn4)c3)nn2)C(C)(C)C(=O)O)cc1CN1C[C@@H](C)Oc2ccccc2S1(=O)=O. The summed E-state index contributed by atoms with van der Waals surface area (Å²) in [6.07, 6.45) is 2.48. The number of aliphatic carboxylic acids is 2. The molecule has 0 aliphatic carbocycles. The van der Waals surface area contributed by atoms with Gasteiger partial charge in [0.05, 0.1) is 56.1 Å². The third-order valence-electron chi connectivity index (χ3n) is 9.33. The average Bonchev–Trinajstić information content (AvgIpc) is 3.75. The minimum atomic E-state index is -3.89. The molecule has 1 aliphatic rings. The van der Waals surface area contributed by atoms with Gasteiger partial charge in [0.15, 0.2) is 0 Å². The van der Waals surface area contributed by atoms with E-state index in [1.165, 1.54) is 10.4 Å². The van der Waals surface area contributed by atoms with Crippen LogP contribution in [0.15, 0.2) is 84.0 Å². The lowest BCUT2D eigenvalue weighted by molar-refractivity contribution is -0.158. The Morgan fingerprint density at radius 3 is 2.28 bits per heavy atom. The third-order valence-corrected chi connectivity index (χ3v) is 11.2. The number of hydrogen-bond donors (Lipinski definition) is 2. The highest BCUT2D eigenvalue weighted by Gasteiger charge is 2.40. The predicted octanol–water partition coefficient (Wildman–Crippen LogP) is 4.63. The number of fused-ring (bicyclic) bond motifs is 1. The van der Waals surface area contributed by atoms with Gasteiger partial charge in [0.25, 0.3) is 0 Å². The standard InChI is InChI=1S/C38H43N7O8S/c1-25-12-13-29(17-30(25)21-45-18-26(2)53-33-10-5-6-11-34(33)54(45,50)51)36(38(3,4)37(48)49)52-24-32-23-44(42-40-32)20-28-9-7-8-27(16-28)19-43-22-31(39-41-43)14-15-35(46)47/h5-13,16-17,22-23,26,36H,14-15,18-21,24H2,1-4H3,(H,46,47)(H,48,49)/t26-,36?/m1/s1. The number of aromatic nitrogens is 6. The van der Waals surface area contributed by atoms with Crippen LogP contribution >= 0.6 is 0 Å². The molecular formula is C38H43N7O8S. The fourth-order valence-corrected chi connectivity index (χ4v) is 7.97. The smallest absolute Gasteiger partial charge is 0.312 e. The Hall–Kier alpha value is -5.45. The van der Waals surface area contributed by atoms with Crippen molar-refractivity contribution in [2.45, 2.75) is 83.9 Å². The highest BCUT2D eigenvalue weighted by Crippen LogP contribution is 2.39. The number of carbonyl (C=O) groups is 2. The van der Waals surface area contributed by atoms with E-state index < -0.39 is 39.6 Å². The summed E-state index contributed by atoms with van der Waals surface area (Å²) in [6, 6.07) is 19.9. The summed E-state index contributed by atoms with van der Waals surface area (Å²) < 4.78 is 44.5. The van der Waals surface area contributed by atoms with Gasteiger partial charge in [-0.25, -0.2) is 17.8 Å². The van der Waals surface area contributed by atoms with Gasteiger partial charge in [-0.3, -0.25) is 9.59 Å². The molecule has 3 aromatic carbocycles. The minimum absolute atomic E-state index is 0.0107. The number of hydrogen-bond acceptors (Lipinski definition) is 10. The van der Waals surface area contributed by atoms with Gasteiger partial charge in [-0.15, -0.1) is 10.2 Å². The summed E-state index contributed by atoms with van der Waals surface area (Å²) >= 11 is 0. The molecule has 0 bridgehead atoms. The normalized spacial score (nSPS) is 16.3. The van der Waals surface area contributed by atoms with Crippen molar-refractivity contribution in [3.8, 4) is 5.75 Å². The maximum atomic E-state index is 13.8. The second-order valence-corrected chi connectivity index (χ2v) is 16.0. The maximum absolute atomic E-state index is 13.8. The Kier molecular flexibility index (Phi) is 11.3. The average molecular weight is 758 g/mol. The largest absolute Gasteiger partial charge is 0.488 e. The van der Waals surface area contributed by atoms with Gasteiger partial charge in [0.1, 0.15) is 22.4 Å². The van der Waals surface area contributed by atoms with Crippen LogP contribution in [0.4, 0.5) is 0 Å². The van der Waals surface area contributed by atoms with Crippen LogP contribution in [0.3, 0.4) is 0 Å². The van der Waals surface area contributed by atoms with Gasteiger partial charge in [-0.2, -0.15) is 4.31 Å². The first-order valence-electron chi connectivity index (χ1n) is 17.5. The molecular weight excluding hydrogens is 715 g/mol. The summed E-state index contributed by atoms with van der Waals surface area (Å²) in [6.45, 7) is 7.95. The Bertz CT molecular complexity index is 2250. The van der Waals surface area contributed by atoms with Crippen LogP contribution < -0.4 is 4.74 Å². The van der Waals surface area contributed by atoms with Gasteiger partial charge in [-0.05, 0) is 67.6 Å². The van der Waals surface area contributed by atoms with Crippen LogP contribution in [0.25, 0.3) is 0 Å². The summed E-state index contributed by atoms with van der Waals surface area (Å²) in [4.78, 5) is 23.5. The molecule has 54 heavy (non-hydrogen) atoms. The van der Waals surface area contributed by atoms with Gasteiger partial charge < -0.3 is 19.7 Å². The molecule has 2 atom stereocenters. The topological polar surface area (TPSA) is 192 Å².